The summed E-state index contributed by atoms with van der Waals surface area (Å²) in [5.74, 6) is 1.28. The molecule has 7 nitrogen and oxygen atoms in total. The number of methoxy groups -OCH3 is 1. The van der Waals surface area contributed by atoms with Crippen LogP contribution in [0.3, 0.4) is 0 Å². The zero-order chi connectivity index (χ0) is 29.5. The molecule has 2 aromatic heterocycles. The first-order chi connectivity index (χ1) is 21.0. The third kappa shape index (κ3) is 5.27. The predicted octanol–water partition coefficient (Wildman–Crippen LogP) is 6.13. The highest BCUT2D eigenvalue weighted by Gasteiger charge is 2.29. The van der Waals surface area contributed by atoms with E-state index in [4.69, 9.17) is 9.47 Å². The number of benzene rings is 3. The second-order valence-electron chi connectivity index (χ2n) is 11.5. The number of nitrogens with one attached hydrogen (secondary N) is 2. The van der Waals surface area contributed by atoms with Crippen molar-refractivity contribution in [1.29, 1.82) is 0 Å². The smallest absolute Gasteiger partial charge is 0.253 e. The van der Waals surface area contributed by atoms with E-state index in [2.05, 4.69) is 14.9 Å². The van der Waals surface area contributed by atoms with Crippen LogP contribution < -0.4 is 14.8 Å². The molecule has 43 heavy (non-hydrogen) atoms. The molecular weight excluding hydrogens is 545 g/mol. The van der Waals surface area contributed by atoms with Crippen LogP contribution in [-0.2, 0) is 19.4 Å². The fourth-order valence-electron chi connectivity index (χ4n) is 6.16. The summed E-state index contributed by atoms with van der Waals surface area (Å²) in [5.41, 5.74) is 6.65. The van der Waals surface area contributed by atoms with Crippen LogP contribution in [0.1, 0.15) is 34.3 Å². The summed E-state index contributed by atoms with van der Waals surface area (Å²) >= 11 is 0. The van der Waals surface area contributed by atoms with Gasteiger partial charge >= 0.3 is 0 Å². The van der Waals surface area contributed by atoms with Gasteiger partial charge in [-0.3, -0.25) is 4.79 Å². The summed E-state index contributed by atoms with van der Waals surface area (Å²) in [6.45, 7) is 1.04. The lowest BCUT2D eigenvalue weighted by Gasteiger charge is -2.24. The van der Waals surface area contributed by atoms with Crippen LogP contribution >= 0.6 is 0 Å². The van der Waals surface area contributed by atoms with Gasteiger partial charge in [0.2, 0.25) is 0 Å². The molecular formula is C35H34FN3O4. The molecule has 1 amide bonds. The van der Waals surface area contributed by atoms with Gasteiger partial charge in [0, 0.05) is 40.5 Å². The number of carbonyl (C=O) groups excluding carboxylic acids is 1. The van der Waals surface area contributed by atoms with Crippen molar-refractivity contribution in [1.82, 2.24) is 14.9 Å². The SMILES string of the molecule is COc1cc2c(cc1OCC1CC1)-c1cc(C(=O)NC(CO)Cc3c[nH]c4ccccc34)c(-c3cccc(F)c3)n1CC2. The Bertz CT molecular complexity index is 1820. The summed E-state index contributed by atoms with van der Waals surface area (Å²) in [5, 5.41) is 14.4. The van der Waals surface area contributed by atoms with E-state index in [1.807, 2.05) is 54.7 Å². The minimum atomic E-state index is -0.511. The number of rotatable bonds is 10. The minimum Gasteiger partial charge on any atom is -0.493 e. The molecule has 2 aliphatic rings. The molecule has 0 saturated heterocycles. The van der Waals surface area contributed by atoms with Crippen molar-refractivity contribution in [3.05, 3.63) is 95.4 Å². The van der Waals surface area contributed by atoms with Gasteiger partial charge in [-0.25, -0.2) is 4.39 Å². The Labute approximate surface area is 249 Å². The van der Waals surface area contributed by atoms with Crippen LogP contribution in [0.2, 0.25) is 0 Å². The zero-order valence-electron chi connectivity index (χ0n) is 24.0. The maximum absolute atomic E-state index is 14.5. The number of carbonyl (C=O) groups is 1. The van der Waals surface area contributed by atoms with E-state index in [0.717, 1.165) is 39.7 Å². The number of hydrogen-bond acceptors (Lipinski definition) is 4. The Morgan fingerprint density at radius 3 is 2.77 bits per heavy atom. The quantitative estimate of drug-likeness (QED) is 0.186. The van der Waals surface area contributed by atoms with Gasteiger partial charge in [-0.15, -0.1) is 0 Å². The molecule has 0 bridgehead atoms. The first-order valence-electron chi connectivity index (χ1n) is 14.8. The number of aryl methyl sites for hydroxylation is 1. The van der Waals surface area contributed by atoms with Crippen molar-refractivity contribution in [2.45, 2.75) is 38.3 Å². The highest BCUT2D eigenvalue weighted by Crippen LogP contribution is 2.43. The predicted molar refractivity (Wildman–Crippen MR) is 164 cm³/mol. The molecule has 5 aromatic rings. The lowest BCUT2D eigenvalue weighted by Crippen LogP contribution is -2.39. The number of aliphatic hydroxyl groups is 1. The number of hydrogen-bond donors (Lipinski definition) is 3. The van der Waals surface area contributed by atoms with Gasteiger partial charge in [-0.2, -0.15) is 0 Å². The molecule has 1 aliphatic carbocycles. The molecule has 3 N–H and O–H groups in total. The molecule has 1 atom stereocenters. The fraction of sp³-hybridized carbons (Fsp3) is 0.286. The topological polar surface area (TPSA) is 88.5 Å². The van der Waals surface area contributed by atoms with E-state index in [1.54, 1.807) is 13.2 Å². The average Bonchev–Trinajstić information content (AvgIpc) is 3.64. The fourth-order valence-corrected chi connectivity index (χ4v) is 6.16. The lowest BCUT2D eigenvalue weighted by atomic mass is 9.97. The molecule has 1 unspecified atom stereocenters. The number of nitrogens with zero attached hydrogens (tertiary/aromatic N) is 1. The summed E-state index contributed by atoms with van der Waals surface area (Å²) in [6, 6.07) is 19.7. The van der Waals surface area contributed by atoms with Crippen molar-refractivity contribution in [2.24, 2.45) is 5.92 Å². The number of fused-ring (bicyclic) bond motifs is 4. The molecule has 220 valence electrons. The van der Waals surface area contributed by atoms with Crippen LogP contribution in [-0.4, -0.2) is 46.9 Å². The van der Waals surface area contributed by atoms with E-state index in [-0.39, 0.29) is 18.3 Å². The van der Waals surface area contributed by atoms with Gasteiger partial charge in [0.25, 0.3) is 5.91 Å². The van der Waals surface area contributed by atoms with Crippen molar-refractivity contribution < 1.29 is 23.8 Å². The van der Waals surface area contributed by atoms with Crippen LogP contribution in [0.5, 0.6) is 11.5 Å². The molecule has 1 saturated carbocycles. The van der Waals surface area contributed by atoms with E-state index in [9.17, 15) is 14.3 Å². The largest absolute Gasteiger partial charge is 0.493 e. The molecule has 1 aliphatic heterocycles. The number of para-hydroxylation sites is 1. The average molecular weight is 580 g/mol. The maximum atomic E-state index is 14.5. The molecule has 3 heterocycles. The number of aromatic nitrogens is 2. The van der Waals surface area contributed by atoms with Gasteiger partial charge in [-0.1, -0.05) is 30.3 Å². The summed E-state index contributed by atoms with van der Waals surface area (Å²) < 4.78 is 28.4. The van der Waals surface area contributed by atoms with E-state index >= 15 is 0 Å². The van der Waals surface area contributed by atoms with Crippen molar-refractivity contribution in [2.75, 3.05) is 20.3 Å². The Hall–Kier alpha value is -4.56. The van der Waals surface area contributed by atoms with E-state index in [1.165, 1.54) is 25.0 Å². The highest BCUT2D eigenvalue weighted by molar-refractivity contribution is 6.02. The lowest BCUT2D eigenvalue weighted by molar-refractivity contribution is 0.0917. The van der Waals surface area contributed by atoms with Crippen LogP contribution in [0, 0.1) is 11.7 Å². The second kappa shape index (κ2) is 11.3. The van der Waals surface area contributed by atoms with Gasteiger partial charge < -0.3 is 29.4 Å². The first-order valence-corrected chi connectivity index (χ1v) is 14.8. The third-order valence-corrected chi connectivity index (χ3v) is 8.58. The number of aromatic amines is 1. The third-order valence-electron chi connectivity index (χ3n) is 8.58. The highest BCUT2D eigenvalue weighted by atomic mass is 19.1. The molecule has 8 heteroatoms. The Balaban J connectivity index is 1.26. The molecule has 3 aromatic carbocycles. The van der Waals surface area contributed by atoms with Gasteiger partial charge in [-0.05, 0) is 79.1 Å². The Morgan fingerprint density at radius 1 is 1.12 bits per heavy atom. The van der Waals surface area contributed by atoms with Crippen LogP contribution in [0.4, 0.5) is 4.39 Å². The van der Waals surface area contributed by atoms with E-state index < -0.39 is 6.04 Å². The van der Waals surface area contributed by atoms with Crippen molar-refractivity contribution >= 4 is 16.8 Å². The number of halogens is 1. The molecule has 1 fully saturated rings. The van der Waals surface area contributed by atoms with E-state index in [0.29, 0.717) is 53.8 Å². The molecule has 0 radical (unpaired) electrons. The van der Waals surface area contributed by atoms with Gasteiger partial charge in [0.15, 0.2) is 11.5 Å². The number of H-pyrrole nitrogens is 1. The van der Waals surface area contributed by atoms with Gasteiger partial charge in [0.05, 0.1) is 37.6 Å². The standard InChI is InChI=1S/C35H34FN3O4/c1-42-32-15-22-11-12-39-31(28(22)17-33(32)43-20-21-9-10-21)16-29(34(39)23-5-4-6-25(36)13-23)35(41)38-26(19-40)14-24-18-37-30-8-3-2-7-27(24)30/h2-8,13,15-18,21,26,37,40H,9-12,14,19-20H2,1H3,(H,38,41). The number of ether oxygens (including phenoxy) is 2. The second-order valence-corrected chi connectivity index (χ2v) is 11.5. The minimum absolute atomic E-state index is 0.224. The summed E-state index contributed by atoms with van der Waals surface area (Å²) in [6.07, 6.45) is 5.46. The monoisotopic (exact) mass is 579 g/mol. The number of aliphatic hydroxyl groups excluding tert-OH is 1. The van der Waals surface area contributed by atoms with Crippen molar-refractivity contribution in [3.63, 3.8) is 0 Å². The summed E-state index contributed by atoms with van der Waals surface area (Å²) in [7, 11) is 1.65. The summed E-state index contributed by atoms with van der Waals surface area (Å²) in [4.78, 5) is 17.2. The number of amides is 1. The molecule has 0 spiro atoms. The van der Waals surface area contributed by atoms with Gasteiger partial charge in [0.1, 0.15) is 5.82 Å². The Morgan fingerprint density at radius 2 is 1.98 bits per heavy atom. The zero-order valence-corrected chi connectivity index (χ0v) is 24.0. The first kappa shape index (κ1) is 27.3. The van der Waals surface area contributed by atoms with Crippen LogP contribution in [0.25, 0.3) is 33.4 Å². The van der Waals surface area contributed by atoms with Crippen LogP contribution in [0.15, 0.2) is 72.9 Å². The maximum Gasteiger partial charge on any atom is 0.253 e. The Kier molecular flexibility index (Phi) is 7.15. The normalized spacial score (nSPS) is 14.7. The van der Waals surface area contributed by atoms with Crippen molar-refractivity contribution in [3.8, 4) is 34.0 Å². The molecule has 7 rings (SSSR count).